The number of aryl methyl sites for hydroxylation is 3. The van der Waals surface area contributed by atoms with Gasteiger partial charge in [0.2, 0.25) is 0 Å². The second-order valence-electron chi connectivity index (χ2n) is 14.8. The van der Waals surface area contributed by atoms with Crippen LogP contribution >= 0.6 is 0 Å². The highest BCUT2D eigenvalue weighted by Gasteiger charge is 2.47. The van der Waals surface area contributed by atoms with Crippen molar-refractivity contribution in [3.05, 3.63) is 95.1 Å². The molecule has 0 aliphatic heterocycles. The molecule has 2 amide bonds. The predicted octanol–water partition coefficient (Wildman–Crippen LogP) is 7.14. The van der Waals surface area contributed by atoms with Crippen molar-refractivity contribution in [3.63, 3.8) is 0 Å². The number of aromatic nitrogens is 10. The van der Waals surface area contributed by atoms with Crippen molar-refractivity contribution in [1.82, 2.24) is 59.6 Å². The van der Waals surface area contributed by atoms with Gasteiger partial charge in [0.05, 0.1) is 70.8 Å². The number of imidazole rings is 2. The van der Waals surface area contributed by atoms with Crippen molar-refractivity contribution in [2.75, 3.05) is 0 Å². The van der Waals surface area contributed by atoms with Gasteiger partial charge in [0.1, 0.15) is 40.1 Å². The monoisotopic (exact) mass is 842 g/mol. The summed E-state index contributed by atoms with van der Waals surface area (Å²) in [6.07, 6.45) is -3.56. The topological polar surface area (TPSA) is 171 Å². The number of nitrogens with zero attached hydrogens (tertiary/aromatic N) is 10. The maximum atomic E-state index is 13.8. The highest BCUT2D eigenvalue weighted by atomic mass is 19.4. The number of pyridine rings is 2. The lowest BCUT2D eigenvalue weighted by Crippen LogP contribution is -2.33. The van der Waals surface area contributed by atoms with Crippen LogP contribution in [0.5, 0.6) is 0 Å². The van der Waals surface area contributed by atoms with E-state index in [-0.39, 0.29) is 64.6 Å². The summed E-state index contributed by atoms with van der Waals surface area (Å²) in [6, 6.07) is 0.0301. The van der Waals surface area contributed by atoms with E-state index in [4.69, 9.17) is 0 Å². The van der Waals surface area contributed by atoms with Crippen molar-refractivity contribution in [1.29, 1.82) is 0 Å². The molecule has 14 nitrogen and oxygen atoms in total. The van der Waals surface area contributed by atoms with E-state index in [1.165, 1.54) is 12.4 Å². The number of fused-ring (bicyclic) bond motifs is 2. The first-order valence-corrected chi connectivity index (χ1v) is 18.9. The number of carbonyl (C=O) groups is 2. The average Bonchev–Trinajstić information content (AvgIpc) is 4.13. The molecule has 314 valence electrons. The lowest BCUT2D eigenvalue weighted by atomic mass is 10.1. The predicted molar refractivity (Wildman–Crippen MR) is 194 cm³/mol. The summed E-state index contributed by atoms with van der Waals surface area (Å²) in [4.78, 5) is 59.1. The highest BCUT2D eigenvalue weighted by Crippen LogP contribution is 2.50. The molecule has 2 N–H and O–H groups in total. The molecule has 8 rings (SSSR count). The van der Waals surface area contributed by atoms with Gasteiger partial charge in [0.25, 0.3) is 18.2 Å². The molecule has 6 heterocycles. The standard InChI is InChI=1S/C38H34F8N12O2/c1-3-57-26-15-51-28(37(41,42)43)9-21(26)54-34(57)31(56-36(60)25-14-49-23(12-50-25)32(39)40)20-8-19(20)6-7-58-27-16-52-29(38(44,45)46)10-22(27)53-33(58)30(18-4-5-18)55-35(59)24-13-47-17(2)11-48-24/h9-16,18-20,30-32H,3-8H2,1-2H3,(H,55,59)(H,56,60)/t19?,20?,30-,31-/m0/s1. The molecule has 2 aliphatic carbocycles. The van der Waals surface area contributed by atoms with Gasteiger partial charge in [-0.15, -0.1) is 0 Å². The number of alkyl halides is 8. The Bertz CT molecular complexity index is 2570. The number of nitrogens with one attached hydrogen (secondary N) is 2. The molecule has 0 spiro atoms. The lowest BCUT2D eigenvalue weighted by molar-refractivity contribution is -0.141. The van der Waals surface area contributed by atoms with Crippen molar-refractivity contribution in [3.8, 4) is 0 Å². The van der Waals surface area contributed by atoms with Crippen molar-refractivity contribution >= 4 is 33.9 Å². The Hall–Kier alpha value is -6.22. The fraction of sp³-hybridized carbons (Fsp3) is 0.421. The summed E-state index contributed by atoms with van der Waals surface area (Å²) >= 11 is 0. The van der Waals surface area contributed by atoms with E-state index in [0.29, 0.717) is 29.9 Å². The van der Waals surface area contributed by atoms with Crippen LogP contribution in [0, 0.1) is 24.7 Å². The Morgan fingerprint density at radius 1 is 0.733 bits per heavy atom. The molecular formula is C38H34F8N12O2. The van der Waals surface area contributed by atoms with Gasteiger partial charge in [-0.05, 0) is 69.4 Å². The molecule has 4 atom stereocenters. The van der Waals surface area contributed by atoms with E-state index in [2.05, 4.69) is 50.5 Å². The minimum absolute atomic E-state index is 0.0160. The zero-order chi connectivity index (χ0) is 42.7. The molecule has 6 aromatic rings. The van der Waals surface area contributed by atoms with Crippen molar-refractivity contribution < 1.29 is 44.7 Å². The molecule has 0 bridgehead atoms. The minimum Gasteiger partial charge on any atom is -0.340 e. The molecule has 2 saturated carbocycles. The maximum absolute atomic E-state index is 13.8. The van der Waals surface area contributed by atoms with Crippen molar-refractivity contribution in [2.45, 2.75) is 83.5 Å². The summed E-state index contributed by atoms with van der Waals surface area (Å²) in [5.74, 6) is -1.42. The summed E-state index contributed by atoms with van der Waals surface area (Å²) < 4.78 is 112. The third-order valence-corrected chi connectivity index (χ3v) is 10.7. The first kappa shape index (κ1) is 40.6. The molecule has 60 heavy (non-hydrogen) atoms. The summed E-state index contributed by atoms with van der Waals surface area (Å²) in [6.45, 7) is 3.87. The number of hydrogen-bond acceptors (Lipinski definition) is 10. The maximum Gasteiger partial charge on any atom is 0.433 e. The highest BCUT2D eigenvalue weighted by molar-refractivity contribution is 5.93. The molecule has 2 fully saturated rings. The number of hydrogen-bond donors (Lipinski definition) is 2. The second kappa shape index (κ2) is 15.4. The van der Waals surface area contributed by atoms with Gasteiger partial charge in [-0.25, -0.2) is 38.7 Å². The van der Waals surface area contributed by atoms with Gasteiger partial charge in [-0.1, -0.05) is 0 Å². The van der Waals surface area contributed by atoms with Crippen LogP contribution < -0.4 is 10.6 Å². The number of rotatable bonds is 13. The Morgan fingerprint density at radius 3 is 1.78 bits per heavy atom. The molecule has 2 unspecified atom stereocenters. The smallest absolute Gasteiger partial charge is 0.340 e. The van der Waals surface area contributed by atoms with Crippen LogP contribution in [0.4, 0.5) is 35.1 Å². The van der Waals surface area contributed by atoms with E-state index >= 15 is 0 Å². The SMILES string of the molecule is CCn1c([C@@H](NC(=O)c2cnc(C(F)F)cn2)C2CC2CCn2c([C@@H](NC(=O)c3cnc(C)cn3)C3CC3)nc3cc(C(F)(F)F)ncc32)nc2cc(C(F)(F)F)ncc21. The van der Waals surface area contributed by atoms with Gasteiger partial charge < -0.3 is 19.8 Å². The Morgan fingerprint density at radius 2 is 1.28 bits per heavy atom. The van der Waals surface area contributed by atoms with Gasteiger partial charge >= 0.3 is 12.4 Å². The molecule has 0 radical (unpaired) electrons. The van der Waals surface area contributed by atoms with Crippen LogP contribution in [-0.2, 0) is 25.4 Å². The van der Waals surface area contributed by atoms with Gasteiger partial charge in [0, 0.05) is 19.3 Å². The first-order valence-electron chi connectivity index (χ1n) is 18.9. The van der Waals surface area contributed by atoms with Gasteiger partial charge in [0.15, 0.2) is 0 Å². The molecule has 22 heteroatoms. The minimum atomic E-state index is -4.75. The zero-order valence-corrected chi connectivity index (χ0v) is 31.6. The van der Waals surface area contributed by atoms with E-state index in [9.17, 15) is 44.7 Å². The lowest BCUT2D eigenvalue weighted by Gasteiger charge is -2.21. The van der Waals surface area contributed by atoms with Crippen LogP contribution in [0.15, 0.2) is 49.3 Å². The third kappa shape index (κ3) is 8.18. The summed E-state index contributed by atoms with van der Waals surface area (Å²) in [5.41, 5.74) is -2.02. The summed E-state index contributed by atoms with van der Waals surface area (Å²) in [5, 5.41) is 5.82. The number of carbonyl (C=O) groups excluding carboxylic acids is 2. The zero-order valence-electron chi connectivity index (χ0n) is 31.6. The molecular weight excluding hydrogens is 808 g/mol. The quantitative estimate of drug-likeness (QED) is 0.114. The van der Waals surface area contributed by atoms with Crippen LogP contribution in [0.25, 0.3) is 22.1 Å². The van der Waals surface area contributed by atoms with Crippen molar-refractivity contribution in [2.24, 2.45) is 17.8 Å². The fourth-order valence-corrected chi connectivity index (χ4v) is 7.44. The Labute approximate surface area is 334 Å². The van der Waals surface area contributed by atoms with E-state index in [1.807, 2.05) is 0 Å². The summed E-state index contributed by atoms with van der Waals surface area (Å²) in [7, 11) is 0. The normalized spacial score (nSPS) is 17.9. The fourth-order valence-electron chi connectivity index (χ4n) is 7.44. The molecule has 0 saturated heterocycles. The second-order valence-corrected chi connectivity index (χ2v) is 14.8. The van der Waals surface area contributed by atoms with Gasteiger partial charge in [-0.3, -0.25) is 19.6 Å². The van der Waals surface area contributed by atoms with Crippen LogP contribution in [0.2, 0.25) is 0 Å². The van der Waals surface area contributed by atoms with Crippen LogP contribution in [0.3, 0.4) is 0 Å². The third-order valence-electron chi connectivity index (χ3n) is 10.7. The van der Waals surface area contributed by atoms with Crippen LogP contribution in [-0.4, -0.2) is 60.8 Å². The number of amides is 2. The van der Waals surface area contributed by atoms with Gasteiger partial charge in [-0.2, -0.15) is 26.3 Å². The molecule has 2 aliphatic rings. The Balaban J connectivity index is 1.12. The largest absolute Gasteiger partial charge is 0.433 e. The van der Waals surface area contributed by atoms with E-state index < -0.39 is 59.8 Å². The van der Waals surface area contributed by atoms with Crippen LogP contribution in [0.1, 0.15) is 107 Å². The molecule has 6 aromatic heterocycles. The first-order chi connectivity index (χ1) is 28.5. The van der Waals surface area contributed by atoms with E-state index in [1.54, 1.807) is 23.0 Å². The Kier molecular flexibility index (Phi) is 10.4. The average molecular weight is 843 g/mol. The molecule has 0 aromatic carbocycles. The van der Waals surface area contributed by atoms with E-state index in [0.717, 1.165) is 49.8 Å². The number of halogens is 8.